The van der Waals surface area contributed by atoms with Gasteiger partial charge in [-0.25, -0.2) is 4.98 Å². The van der Waals surface area contributed by atoms with Crippen LogP contribution in [-0.4, -0.2) is 21.4 Å². The Balaban J connectivity index is 1.48. The highest BCUT2D eigenvalue weighted by Gasteiger charge is 2.61. The highest BCUT2D eigenvalue weighted by Crippen LogP contribution is 2.61. The molecular formula is C26H28N2O2. The molecule has 6 rings (SSSR count). The molecule has 0 amide bonds. The Morgan fingerprint density at radius 2 is 1.63 bits per heavy atom. The normalized spacial score (nSPS) is 28.3. The van der Waals surface area contributed by atoms with Gasteiger partial charge in [-0.2, -0.15) is 0 Å². The van der Waals surface area contributed by atoms with Crippen molar-refractivity contribution < 1.29 is 9.52 Å². The van der Waals surface area contributed by atoms with E-state index >= 15 is 0 Å². The van der Waals surface area contributed by atoms with Crippen LogP contribution in [0.1, 0.15) is 39.5 Å². The molecular weight excluding hydrogens is 372 g/mol. The summed E-state index contributed by atoms with van der Waals surface area (Å²) in [7, 11) is 0. The van der Waals surface area contributed by atoms with Crippen LogP contribution in [0.4, 0.5) is 0 Å². The molecule has 2 bridgehead atoms. The molecule has 2 aromatic carbocycles. The van der Waals surface area contributed by atoms with Crippen molar-refractivity contribution in [3.63, 3.8) is 0 Å². The highest BCUT2D eigenvalue weighted by molar-refractivity contribution is 5.94. The SMILES string of the molecule is CC1(O)C(=NCc2nc(-c3ccccc3)c(-c3ccccc3)o2)CC2CC1C2(C)C. The van der Waals surface area contributed by atoms with Crippen LogP contribution in [0.5, 0.6) is 0 Å². The zero-order valence-corrected chi connectivity index (χ0v) is 17.8. The van der Waals surface area contributed by atoms with Crippen LogP contribution < -0.4 is 0 Å². The van der Waals surface area contributed by atoms with E-state index in [0.29, 0.717) is 18.4 Å². The van der Waals surface area contributed by atoms with Gasteiger partial charge in [0.15, 0.2) is 5.76 Å². The summed E-state index contributed by atoms with van der Waals surface area (Å²) in [6.07, 6.45) is 1.95. The maximum absolute atomic E-state index is 11.2. The van der Waals surface area contributed by atoms with E-state index in [4.69, 9.17) is 14.4 Å². The van der Waals surface area contributed by atoms with E-state index in [1.807, 2.05) is 67.6 Å². The number of oxazole rings is 1. The molecule has 154 valence electrons. The minimum atomic E-state index is -0.852. The van der Waals surface area contributed by atoms with Gasteiger partial charge in [-0.1, -0.05) is 74.5 Å². The van der Waals surface area contributed by atoms with Crippen molar-refractivity contribution in [1.29, 1.82) is 0 Å². The van der Waals surface area contributed by atoms with E-state index in [1.54, 1.807) is 0 Å². The first-order valence-electron chi connectivity index (χ1n) is 10.7. The highest BCUT2D eigenvalue weighted by atomic mass is 16.4. The lowest BCUT2D eigenvalue weighted by Gasteiger charge is -2.62. The van der Waals surface area contributed by atoms with Gasteiger partial charge in [0.1, 0.15) is 17.8 Å². The molecule has 0 spiro atoms. The van der Waals surface area contributed by atoms with Crippen LogP contribution >= 0.6 is 0 Å². The Hall–Kier alpha value is -2.72. The van der Waals surface area contributed by atoms with Crippen LogP contribution in [-0.2, 0) is 6.54 Å². The number of aliphatic imine (C=N–C) groups is 1. The van der Waals surface area contributed by atoms with Gasteiger partial charge in [0.05, 0.1) is 0 Å². The maximum atomic E-state index is 11.2. The summed E-state index contributed by atoms with van der Waals surface area (Å²) in [6, 6.07) is 20.2. The van der Waals surface area contributed by atoms with Crippen LogP contribution in [0.25, 0.3) is 22.6 Å². The van der Waals surface area contributed by atoms with Crippen molar-refractivity contribution in [1.82, 2.24) is 4.98 Å². The second-order valence-electron chi connectivity index (χ2n) is 9.44. The van der Waals surface area contributed by atoms with E-state index in [2.05, 4.69) is 13.8 Å². The average molecular weight is 401 g/mol. The molecule has 3 aliphatic rings. The molecule has 4 heteroatoms. The summed E-state index contributed by atoms with van der Waals surface area (Å²) in [4.78, 5) is 9.60. The van der Waals surface area contributed by atoms with Crippen molar-refractivity contribution >= 4 is 5.71 Å². The molecule has 0 radical (unpaired) electrons. The second-order valence-corrected chi connectivity index (χ2v) is 9.44. The lowest BCUT2D eigenvalue weighted by molar-refractivity contribution is -0.134. The zero-order chi connectivity index (χ0) is 20.9. The van der Waals surface area contributed by atoms with E-state index < -0.39 is 5.60 Å². The third-order valence-corrected chi connectivity index (χ3v) is 7.33. The minimum Gasteiger partial charge on any atom is -0.438 e. The molecule has 1 heterocycles. The number of benzene rings is 2. The summed E-state index contributed by atoms with van der Waals surface area (Å²) in [6.45, 7) is 6.80. The lowest BCUT2D eigenvalue weighted by Crippen LogP contribution is -2.64. The van der Waals surface area contributed by atoms with Crippen LogP contribution in [0, 0.1) is 17.3 Å². The molecule has 0 saturated heterocycles. The van der Waals surface area contributed by atoms with Crippen molar-refractivity contribution in [3.05, 3.63) is 66.6 Å². The Morgan fingerprint density at radius 1 is 1.00 bits per heavy atom. The van der Waals surface area contributed by atoms with Crippen molar-refractivity contribution in [2.75, 3.05) is 0 Å². The lowest BCUT2D eigenvalue weighted by atomic mass is 9.44. The predicted octanol–water partition coefficient (Wildman–Crippen LogP) is 5.77. The average Bonchev–Trinajstić information content (AvgIpc) is 3.17. The number of rotatable bonds is 4. The topological polar surface area (TPSA) is 58.6 Å². The number of aromatic nitrogens is 1. The Labute approximate surface area is 177 Å². The molecule has 4 nitrogen and oxygen atoms in total. The van der Waals surface area contributed by atoms with Gasteiger partial charge in [-0.3, -0.25) is 4.99 Å². The summed E-state index contributed by atoms with van der Waals surface area (Å²) < 4.78 is 6.19. The smallest absolute Gasteiger partial charge is 0.217 e. The maximum Gasteiger partial charge on any atom is 0.217 e. The van der Waals surface area contributed by atoms with Gasteiger partial charge >= 0.3 is 0 Å². The Bertz CT molecular complexity index is 1020. The van der Waals surface area contributed by atoms with Gasteiger partial charge in [-0.05, 0) is 37.0 Å². The Morgan fingerprint density at radius 3 is 2.23 bits per heavy atom. The van der Waals surface area contributed by atoms with Gasteiger partial charge < -0.3 is 9.52 Å². The largest absolute Gasteiger partial charge is 0.438 e. The van der Waals surface area contributed by atoms with Crippen molar-refractivity contribution in [2.45, 2.75) is 45.8 Å². The van der Waals surface area contributed by atoms with Crippen LogP contribution in [0.3, 0.4) is 0 Å². The molecule has 1 aromatic heterocycles. The molecule has 3 fully saturated rings. The van der Waals surface area contributed by atoms with Crippen LogP contribution in [0.2, 0.25) is 0 Å². The number of fused-ring (bicyclic) bond motifs is 2. The molecule has 3 aromatic rings. The third kappa shape index (κ3) is 3.02. The van der Waals surface area contributed by atoms with Crippen molar-refractivity contribution in [3.8, 4) is 22.6 Å². The van der Waals surface area contributed by atoms with E-state index in [9.17, 15) is 5.11 Å². The van der Waals surface area contributed by atoms with Crippen LogP contribution in [0.15, 0.2) is 70.1 Å². The first kappa shape index (κ1) is 19.3. The third-order valence-electron chi connectivity index (χ3n) is 7.33. The number of aliphatic hydroxyl groups is 1. The monoisotopic (exact) mass is 400 g/mol. The minimum absolute atomic E-state index is 0.187. The fourth-order valence-electron chi connectivity index (χ4n) is 5.35. The van der Waals surface area contributed by atoms with E-state index in [1.165, 1.54) is 0 Å². The standard InChI is InChI=1S/C26H28N2O2/c1-25(2)19-14-20(25)26(3,29)21(15-19)27-16-22-28-23(17-10-6-4-7-11-17)24(30-22)18-12-8-5-9-13-18/h4-13,19-20,29H,14-16H2,1-3H3. The number of hydrogen-bond acceptors (Lipinski definition) is 4. The second kappa shape index (κ2) is 6.92. The summed E-state index contributed by atoms with van der Waals surface area (Å²) >= 11 is 0. The van der Waals surface area contributed by atoms with Gasteiger partial charge in [0.25, 0.3) is 0 Å². The van der Waals surface area contributed by atoms with Gasteiger partial charge in [0.2, 0.25) is 5.89 Å². The molecule has 3 saturated carbocycles. The van der Waals surface area contributed by atoms with Gasteiger partial charge in [0, 0.05) is 16.8 Å². The van der Waals surface area contributed by atoms with E-state index in [-0.39, 0.29) is 11.3 Å². The predicted molar refractivity (Wildman–Crippen MR) is 119 cm³/mol. The Kier molecular flexibility index (Phi) is 4.44. The molecule has 3 atom stereocenters. The summed E-state index contributed by atoms with van der Waals surface area (Å²) in [5.74, 6) is 2.21. The number of nitrogens with zero attached hydrogens (tertiary/aromatic N) is 2. The molecule has 0 aliphatic heterocycles. The first-order valence-corrected chi connectivity index (χ1v) is 10.7. The van der Waals surface area contributed by atoms with Crippen molar-refractivity contribution in [2.24, 2.45) is 22.2 Å². The molecule has 3 unspecified atom stereocenters. The summed E-state index contributed by atoms with van der Waals surface area (Å²) in [5.41, 5.74) is 3.07. The molecule has 3 aliphatic carbocycles. The van der Waals surface area contributed by atoms with Gasteiger partial charge in [-0.15, -0.1) is 0 Å². The quantitative estimate of drug-likeness (QED) is 0.605. The fraction of sp³-hybridized carbons (Fsp3) is 0.385. The number of hydrogen-bond donors (Lipinski definition) is 1. The van der Waals surface area contributed by atoms with E-state index in [0.717, 1.165) is 41.1 Å². The molecule has 1 N–H and O–H groups in total. The summed E-state index contributed by atoms with van der Waals surface area (Å²) in [5, 5.41) is 11.2. The zero-order valence-electron chi connectivity index (χ0n) is 17.8. The fourth-order valence-corrected chi connectivity index (χ4v) is 5.35. The molecule has 30 heavy (non-hydrogen) atoms. The first-order chi connectivity index (χ1) is 14.4.